The summed E-state index contributed by atoms with van der Waals surface area (Å²) >= 11 is 0. The minimum atomic E-state index is -4.30. The first-order valence-corrected chi connectivity index (χ1v) is 4.99. The monoisotopic (exact) mass is 242 g/mol. The summed E-state index contributed by atoms with van der Waals surface area (Å²) in [5, 5.41) is 8.58. The van der Waals surface area contributed by atoms with Crippen LogP contribution in [0.25, 0.3) is 0 Å². The molecular weight excluding hydrogens is 225 g/mol. The molecule has 0 fully saturated rings. The number of ether oxygens (including phenoxy) is 1. The molecule has 96 valence electrons. The summed E-state index contributed by atoms with van der Waals surface area (Å²) in [6.45, 7) is 2.30. The van der Waals surface area contributed by atoms with Gasteiger partial charge in [-0.2, -0.15) is 13.2 Å². The van der Waals surface area contributed by atoms with Gasteiger partial charge in [0, 0.05) is 6.61 Å². The minimum absolute atomic E-state index is 0.00254. The van der Waals surface area contributed by atoms with Crippen LogP contribution in [-0.4, -0.2) is 30.5 Å². The standard InChI is InChI=1S/C10H17F3O3/c1-9(2,6-8(14)15)4-3-5-16-7-10(11,12)13/h3-7H2,1-2H3,(H,14,15). The highest BCUT2D eigenvalue weighted by Gasteiger charge is 2.27. The quantitative estimate of drug-likeness (QED) is 0.698. The van der Waals surface area contributed by atoms with Gasteiger partial charge in [0.25, 0.3) is 0 Å². The lowest BCUT2D eigenvalue weighted by atomic mass is 9.84. The lowest BCUT2D eigenvalue weighted by Gasteiger charge is -2.22. The van der Waals surface area contributed by atoms with Gasteiger partial charge in [0.1, 0.15) is 6.61 Å². The Morgan fingerprint density at radius 2 is 1.88 bits per heavy atom. The maximum absolute atomic E-state index is 11.7. The Bertz CT molecular complexity index is 224. The summed E-state index contributed by atoms with van der Waals surface area (Å²) in [5.41, 5.74) is -0.409. The molecule has 0 saturated heterocycles. The second-order valence-corrected chi connectivity index (χ2v) is 4.51. The van der Waals surface area contributed by atoms with Gasteiger partial charge in [-0.1, -0.05) is 13.8 Å². The van der Waals surface area contributed by atoms with E-state index >= 15 is 0 Å². The van der Waals surface area contributed by atoms with Gasteiger partial charge in [0.05, 0.1) is 6.42 Å². The largest absolute Gasteiger partial charge is 0.481 e. The Morgan fingerprint density at radius 1 is 1.31 bits per heavy atom. The molecular formula is C10H17F3O3. The van der Waals surface area contributed by atoms with E-state index in [9.17, 15) is 18.0 Å². The van der Waals surface area contributed by atoms with Crippen molar-refractivity contribution in [1.29, 1.82) is 0 Å². The maximum atomic E-state index is 11.7. The van der Waals surface area contributed by atoms with Gasteiger partial charge in [-0.3, -0.25) is 4.79 Å². The van der Waals surface area contributed by atoms with E-state index in [4.69, 9.17) is 5.11 Å². The highest BCUT2D eigenvalue weighted by molar-refractivity contribution is 5.67. The van der Waals surface area contributed by atoms with Crippen molar-refractivity contribution in [3.63, 3.8) is 0 Å². The first-order valence-electron chi connectivity index (χ1n) is 4.99. The second kappa shape index (κ2) is 6.08. The number of halogens is 3. The molecule has 0 aromatic carbocycles. The zero-order valence-corrected chi connectivity index (χ0v) is 9.43. The van der Waals surface area contributed by atoms with E-state index in [-0.39, 0.29) is 13.0 Å². The van der Waals surface area contributed by atoms with Crippen molar-refractivity contribution < 1.29 is 27.8 Å². The van der Waals surface area contributed by atoms with Crippen LogP contribution in [-0.2, 0) is 9.53 Å². The van der Waals surface area contributed by atoms with Gasteiger partial charge in [-0.25, -0.2) is 0 Å². The molecule has 0 aromatic rings. The van der Waals surface area contributed by atoms with Gasteiger partial charge < -0.3 is 9.84 Å². The molecule has 0 bridgehead atoms. The number of carboxylic acids is 1. The topological polar surface area (TPSA) is 46.5 Å². The first-order chi connectivity index (χ1) is 7.12. The second-order valence-electron chi connectivity index (χ2n) is 4.51. The molecule has 0 aliphatic heterocycles. The number of rotatable bonds is 7. The van der Waals surface area contributed by atoms with Crippen molar-refractivity contribution in [2.24, 2.45) is 5.41 Å². The lowest BCUT2D eigenvalue weighted by Crippen LogP contribution is -2.20. The molecule has 3 nitrogen and oxygen atoms in total. The Balaban J connectivity index is 3.62. The molecule has 16 heavy (non-hydrogen) atoms. The molecule has 0 spiro atoms. The molecule has 0 radical (unpaired) electrons. The molecule has 0 unspecified atom stereocenters. The van der Waals surface area contributed by atoms with Crippen LogP contribution in [0.5, 0.6) is 0 Å². The van der Waals surface area contributed by atoms with E-state index in [0.29, 0.717) is 12.8 Å². The average Bonchev–Trinajstić information content (AvgIpc) is 1.98. The number of carboxylic acid groups (broad SMARTS) is 1. The van der Waals surface area contributed by atoms with Crippen molar-refractivity contribution in [3.05, 3.63) is 0 Å². The number of hydrogen-bond donors (Lipinski definition) is 1. The molecule has 0 aliphatic carbocycles. The number of aliphatic carboxylic acids is 1. The average molecular weight is 242 g/mol. The van der Waals surface area contributed by atoms with Gasteiger partial charge in [0.2, 0.25) is 0 Å². The Morgan fingerprint density at radius 3 is 2.31 bits per heavy atom. The molecule has 1 N–H and O–H groups in total. The lowest BCUT2D eigenvalue weighted by molar-refractivity contribution is -0.174. The van der Waals surface area contributed by atoms with Gasteiger partial charge in [-0.15, -0.1) is 0 Å². The summed E-state index contributed by atoms with van der Waals surface area (Å²) in [4.78, 5) is 10.5. The van der Waals surface area contributed by atoms with Crippen LogP contribution in [0.2, 0.25) is 0 Å². The fourth-order valence-corrected chi connectivity index (χ4v) is 1.34. The Kier molecular flexibility index (Phi) is 5.78. The van der Waals surface area contributed by atoms with Crippen molar-refractivity contribution in [2.45, 2.75) is 39.3 Å². The van der Waals surface area contributed by atoms with E-state index in [0.717, 1.165) is 0 Å². The predicted molar refractivity (Wildman–Crippen MR) is 52.1 cm³/mol. The normalized spacial score (nSPS) is 12.8. The SMILES string of the molecule is CC(C)(CCCOCC(F)(F)F)CC(=O)O. The van der Waals surface area contributed by atoms with Gasteiger partial charge in [0.15, 0.2) is 0 Å². The van der Waals surface area contributed by atoms with Crippen LogP contribution in [0.4, 0.5) is 13.2 Å². The Hall–Kier alpha value is -0.780. The fraction of sp³-hybridized carbons (Fsp3) is 0.900. The van der Waals surface area contributed by atoms with Crippen LogP contribution in [0.1, 0.15) is 33.1 Å². The van der Waals surface area contributed by atoms with Crippen molar-refractivity contribution >= 4 is 5.97 Å². The summed E-state index contributed by atoms with van der Waals surface area (Å²) in [6.07, 6.45) is -3.34. The molecule has 6 heteroatoms. The Labute approximate surface area is 92.6 Å². The zero-order valence-electron chi connectivity index (χ0n) is 9.43. The molecule has 0 rings (SSSR count). The molecule has 0 atom stereocenters. The molecule has 0 aliphatic rings. The van der Waals surface area contributed by atoms with Crippen LogP contribution >= 0.6 is 0 Å². The molecule has 0 heterocycles. The summed E-state index contributed by atoms with van der Waals surface area (Å²) in [5.74, 6) is -0.902. The van der Waals surface area contributed by atoms with E-state index in [1.165, 1.54) is 0 Å². The summed E-state index contributed by atoms with van der Waals surface area (Å²) < 4.78 is 39.5. The molecule has 0 saturated carbocycles. The van der Waals surface area contributed by atoms with E-state index in [1.54, 1.807) is 13.8 Å². The number of carbonyl (C=O) groups is 1. The summed E-state index contributed by atoms with van der Waals surface area (Å²) in [6, 6.07) is 0. The smallest absolute Gasteiger partial charge is 0.411 e. The van der Waals surface area contributed by atoms with Gasteiger partial charge in [-0.05, 0) is 18.3 Å². The van der Waals surface area contributed by atoms with Crippen molar-refractivity contribution in [2.75, 3.05) is 13.2 Å². The number of alkyl halides is 3. The maximum Gasteiger partial charge on any atom is 0.411 e. The zero-order chi connectivity index (χ0) is 12.8. The van der Waals surface area contributed by atoms with Crippen LogP contribution in [0.3, 0.4) is 0 Å². The predicted octanol–water partition coefficient (Wildman–Crippen LogP) is 2.85. The third-order valence-corrected chi connectivity index (χ3v) is 2.04. The molecule has 0 amide bonds. The van der Waals surface area contributed by atoms with E-state index < -0.39 is 24.2 Å². The molecule has 0 aromatic heterocycles. The van der Waals surface area contributed by atoms with E-state index in [1.807, 2.05) is 0 Å². The van der Waals surface area contributed by atoms with Crippen LogP contribution in [0.15, 0.2) is 0 Å². The highest BCUT2D eigenvalue weighted by Crippen LogP contribution is 2.26. The van der Waals surface area contributed by atoms with Crippen LogP contribution in [0, 0.1) is 5.41 Å². The van der Waals surface area contributed by atoms with Crippen molar-refractivity contribution in [3.8, 4) is 0 Å². The van der Waals surface area contributed by atoms with Crippen LogP contribution < -0.4 is 0 Å². The van der Waals surface area contributed by atoms with Crippen molar-refractivity contribution in [1.82, 2.24) is 0 Å². The van der Waals surface area contributed by atoms with E-state index in [2.05, 4.69) is 4.74 Å². The third-order valence-electron chi connectivity index (χ3n) is 2.04. The number of hydrogen-bond acceptors (Lipinski definition) is 2. The third kappa shape index (κ3) is 9.76. The highest BCUT2D eigenvalue weighted by atomic mass is 19.4. The fourth-order valence-electron chi connectivity index (χ4n) is 1.34. The summed E-state index contributed by atoms with van der Waals surface area (Å²) in [7, 11) is 0. The van der Waals surface area contributed by atoms with Gasteiger partial charge >= 0.3 is 12.1 Å². The minimum Gasteiger partial charge on any atom is -0.481 e. The first kappa shape index (κ1) is 15.2.